The standard InChI is InChI=1S/C12H13NO4S/c1-8(5-12(14)15)11-4-3-10(13(16)17)6-9(11)7-18-2/h3-6H,7H2,1-2H3,(H,14,15)/b8-5-. The average Bonchev–Trinajstić information content (AvgIpc) is 2.28. The first-order valence-corrected chi connectivity index (χ1v) is 6.53. The van der Waals surface area contributed by atoms with Crippen LogP contribution in [0.15, 0.2) is 24.3 Å². The highest BCUT2D eigenvalue weighted by molar-refractivity contribution is 7.97. The highest BCUT2D eigenvalue weighted by atomic mass is 32.2. The summed E-state index contributed by atoms with van der Waals surface area (Å²) in [7, 11) is 0. The summed E-state index contributed by atoms with van der Waals surface area (Å²) in [6.45, 7) is 1.68. The monoisotopic (exact) mass is 267 g/mol. The SMILES string of the molecule is CSCc1cc([N+](=O)[O-])ccc1/C(C)=C\C(=O)O. The van der Waals surface area contributed by atoms with Crippen molar-refractivity contribution in [3.63, 3.8) is 0 Å². The molecule has 0 saturated heterocycles. The van der Waals surface area contributed by atoms with E-state index in [4.69, 9.17) is 5.11 Å². The first kappa shape index (κ1) is 14.2. The number of rotatable bonds is 5. The summed E-state index contributed by atoms with van der Waals surface area (Å²) in [5.41, 5.74) is 2.11. The van der Waals surface area contributed by atoms with Gasteiger partial charge in [0.15, 0.2) is 0 Å². The van der Waals surface area contributed by atoms with Crippen LogP contribution in [0, 0.1) is 10.1 Å². The van der Waals surface area contributed by atoms with Gasteiger partial charge in [-0.2, -0.15) is 11.8 Å². The van der Waals surface area contributed by atoms with Gasteiger partial charge >= 0.3 is 5.97 Å². The average molecular weight is 267 g/mol. The zero-order valence-electron chi connectivity index (χ0n) is 10.0. The fourth-order valence-corrected chi connectivity index (χ4v) is 2.17. The number of carboxylic acids is 1. The molecule has 0 bridgehead atoms. The predicted molar refractivity (Wildman–Crippen MR) is 71.6 cm³/mol. The van der Waals surface area contributed by atoms with Gasteiger partial charge in [-0.05, 0) is 35.9 Å². The number of hydrogen-bond acceptors (Lipinski definition) is 4. The van der Waals surface area contributed by atoms with Crippen LogP contribution >= 0.6 is 11.8 Å². The molecule has 0 saturated carbocycles. The van der Waals surface area contributed by atoms with E-state index in [-0.39, 0.29) is 5.69 Å². The molecule has 1 rings (SSSR count). The lowest BCUT2D eigenvalue weighted by molar-refractivity contribution is -0.384. The number of nitrogens with zero attached hydrogens (tertiary/aromatic N) is 1. The molecule has 18 heavy (non-hydrogen) atoms. The molecule has 0 unspecified atom stereocenters. The summed E-state index contributed by atoms with van der Waals surface area (Å²) >= 11 is 1.53. The topological polar surface area (TPSA) is 80.4 Å². The van der Waals surface area contributed by atoms with Crippen molar-refractivity contribution in [2.75, 3.05) is 6.26 Å². The van der Waals surface area contributed by atoms with Gasteiger partial charge in [0, 0.05) is 24.0 Å². The van der Waals surface area contributed by atoms with Crippen molar-refractivity contribution in [2.24, 2.45) is 0 Å². The molecule has 0 aliphatic carbocycles. The molecule has 0 spiro atoms. The molecule has 1 aromatic rings. The van der Waals surface area contributed by atoms with Crippen LogP contribution in [-0.2, 0) is 10.5 Å². The van der Waals surface area contributed by atoms with Gasteiger partial charge in [0.1, 0.15) is 0 Å². The van der Waals surface area contributed by atoms with Gasteiger partial charge in [-0.3, -0.25) is 10.1 Å². The highest BCUT2D eigenvalue weighted by Gasteiger charge is 2.12. The number of hydrogen-bond donors (Lipinski definition) is 1. The molecular weight excluding hydrogens is 254 g/mol. The Morgan fingerprint density at radius 3 is 2.72 bits per heavy atom. The Kier molecular flexibility index (Phi) is 4.91. The minimum absolute atomic E-state index is 0.0194. The van der Waals surface area contributed by atoms with Crippen LogP contribution in [-0.4, -0.2) is 22.3 Å². The van der Waals surface area contributed by atoms with E-state index in [1.807, 2.05) is 6.26 Å². The van der Waals surface area contributed by atoms with Crippen LogP contribution in [0.3, 0.4) is 0 Å². The number of carboxylic acid groups (broad SMARTS) is 1. The van der Waals surface area contributed by atoms with E-state index in [0.717, 1.165) is 17.2 Å². The first-order valence-electron chi connectivity index (χ1n) is 5.13. The van der Waals surface area contributed by atoms with Gasteiger partial charge in [0.25, 0.3) is 5.69 Å². The van der Waals surface area contributed by atoms with Crippen molar-refractivity contribution in [3.8, 4) is 0 Å². The van der Waals surface area contributed by atoms with Crippen molar-refractivity contribution in [2.45, 2.75) is 12.7 Å². The fraction of sp³-hybridized carbons (Fsp3) is 0.250. The molecule has 0 radical (unpaired) electrons. The number of carbonyl (C=O) groups is 1. The van der Waals surface area contributed by atoms with Crippen molar-refractivity contribution in [1.29, 1.82) is 0 Å². The molecule has 1 N–H and O–H groups in total. The van der Waals surface area contributed by atoms with Crippen LogP contribution in [0.4, 0.5) is 5.69 Å². The molecule has 0 amide bonds. The van der Waals surface area contributed by atoms with Crippen LogP contribution in [0.2, 0.25) is 0 Å². The molecule has 0 aliphatic rings. The summed E-state index contributed by atoms with van der Waals surface area (Å²) in [5, 5.41) is 19.4. The zero-order chi connectivity index (χ0) is 13.7. The summed E-state index contributed by atoms with van der Waals surface area (Å²) < 4.78 is 0. The third-order valence-corrected chi connectivity index (χ3v) is 2.96. The second kappa shape index (κ2) is 6.20. The largest absolute Gasteiger partial charge is 0.478 e. The first-order chi connectivity index (χ1) is 8.45. The zero-order valence-corrected chi connectivity index (χ0v) is 10.9. The van der Waals surface area contributed by atoms with Crippen LogP contribution in [0.25, 0.3) is 5.57 Å². The number of thioether (sulfide) groups is 1. The maximum absolute atomic E-state index is 10.7. The molecule has 1 aromatic carbocycles. The van der Waals surface area contributed by atoms with Crippen molar-refractivity contribution < 1.29 is 14.8 Å². The number of allylic oxidation sites excluding steroid dienone is 1. The van der Waals surface area contributed by atoms with Crippen LogP contribution in [0.1, 0.15) is 18.1 Å². The number of nitro benzene ring substituents is 1. The van der Waals surface area contributed by atoms with Gasteiger partial charge < -0.3 is 5.11 Å². The van der Waals surface area contributed by atoms with Crippen LogP contribution < -0.4 is 0 Å². The van der Waals surface area contributed by atoms with Crippen molar-refractivity contribution in [3.05, 3.63) is 45.5 Å². The van der Waals surface area contributed by atoms with E-state index in [1.165, 1.54) is 23.9 Å². The van der Waals surface area contributed by atoms with Gasteiger partial charge in [0.2, 0.25) is 0 Å². The molecule has 0 aliphatic heterocycles. The van der Waals surface area contributed by atoms with Crippen molar-refractivity contribution >= 4 is 29.0 Å². The lowest BCUT2D eigenvalue weighted by atomic mass is 10.0. The summed E-state index contributed by atoms with van der Waals surface area (Å²) in [6.07, 6.45) is 2.99. The molecule has 0 atom stereocenters. The summed E-state index contributed by atoms with van der Waals surface area (Å²) in [4.78, 5) is 20.9. The van der Waals surface area contributed by atoms with E-state index in [0.29, 0.717) is 11.3 Å². The Labute approximate surface area is 109 Å². The Hall–Kier alpha value is -1.82. The minimum atomic E-state index is -1.03. The number of aliphatic carboxylic acids is 1. The molecule has 0 aromatic heterocycles. The second-order valence-corrected chi connectivity index (χ2v) is 4.56. The van der Waals surface area contributed by atoms with Gasteiger partial charge in [-0.15, -0.1) is 0 Å². The van der Waals surface area contributed by atoms with E-state index in [2.05, 4.69) is 0 Å². The van der Waals surface area contributed by atoms with E-state index in [1.54, 1.807) is 13.0 Å². The van der Waals surface area contributed by atoms with Gasteiger partial charge in [0.05, 0.1) is 4.92 Å². The third kappa shape index (κ3) is 3.59. The van der Waals surface area contributed by atoms with Gasteiger partial charge in [-0.1, -0.05) is 0 Å². The summed E-state index contributed by atoms with van der Waals surface area (Å²) in [5.74, 6) is -0.428. The smallest absolute Gasteiger partial charge is 0.328 e. The van der Waals surface area contributed by atoms with E-state index >= 15 is 0 Å². The second-order valence-electron chi connectivity index (χ2n) is 3.70. The third-order valence-electron chi connectivity index (χ3n) is 2.36. The van der Waals surface area contributed by atoms with E-state index < -0.39 is 10.9 Å². The molecule has 5 nitrogen and oxygen atoms in total. The molecule has 96 valence electrons. The fourth-order valence-electron chi connectivity index (χ4n) is 1.62. The quantitative estimate of drug-likeness (QED) is 0.504. The molecule has 0 fully saturated rings. The Morgan fingerprint density at radius 2 is 2.22 bits per heavy atom. The maximum atomic E-state index is 10.7. The van der Waals surface area contributed by atoms with Gasteiger partial charge in [-0.25, -0.2) is 4.79 Å². The number of nitro groups is 1. The molecular formula is C12H13NO4S. The predicted octanol–water partition coefficient (Wildman–Crippen LogP) is 2.95. The highest BCUT2D eigenvalue weighted by Crippen LogP contribution is 2.26. The molecule has 0 heterocycles. The Morgan fingerprint density at radius 1 is 1.56 bits per heavy atom. The number of benzene rings is 1. The van der Waals surface area contributed by atoms with E-state index in [9.17, 15) is 14.9 Å². The lowest BCUT2D eigenvalue weighted by Crippen LogP contribution is -1.96. The number of non-ortho nitro benzene ring substituents is 1. The summed E-state index contributed by atoms with van der Waals surface area (Å²) in [6, 6.07) is 4.47. The Bertz CT molecular complexity index is 511. The normalized spacial score (nSPS) is 11.3. The maximum Gasteiger partial charge on any atom is 0.328 e. The van der Waals surface area contributed by atoms with Crippen LogP contribution in [0.5, 0.6) is 0 Å². The Balaban J connectivity index is 3.26. The minimum Gasteiger partial charge on any atom is -0.478 e. The van der Waals surface area contributed by atoms with Crippen molar-refractivity contribution in [1.82, 2.24) is 0 Å². The lowest BCUT2D eigenvalue weighted by Gasteiger charge is -2.08. The molecule has 6 heteroatoms.